The third kappa shape index (κ3) is 3.92. The van der Waals surface area contributed by atoms with E-state index in [1.165, 1.54) is 18.5 Å². The van der Waals surface area contributed by atoms with E-state index in [1.54, 1.807) is 24.7 Å². The van der Waals surface area contributed by atoms with Crippen molar-refractivity contribution in [2.45, 2.75) is 31.6 Å². The smallest absolute Gasteiger partial charge is 0.267 e. The zero-order valence-corrected chi connectivity index (χ0v) is 14.7. The van der Waals surface area contributed by atoms with Crippen LogP contribution in [0.5, 0.6) is 5.75 Å². The fraction of sp³-hybridized carbons (Fsp3) is 0.474. The molecule has 2 aliphatic rings. The highest BCUT2D eigenvalue weighted by molar-refractivity contribution is 5.91. The molecule has 3 heterocycles. The number of carbonyl (C=O) groups is 1. The Hall–Kier alpha value is -2.70. The fourth-order valence-corrected chi connectivity index (χ4v) is 3.32. The quantitative estimate of drug-likeness (QED) is 0.855. The third-order valence-electron chi connectivity index (χ3n) is 5.08. The Labute approximate surface area is 152 Å². The lowest BCUT2D eigenvalue weighted by Gasteiger charge is -2.32. The van der Waals surface area contributed by atoms with Gasteiger partial charge in [0.15, 0.2) is 0 Å². The number of piperidine rings is 1. The molecule has 2 aromatic heterocycles. The van der Waals surface area contributed by atoms with Crippen molar-refractivity contribution in [1.29, 1.82) is 0 Å². The minimum atomic E-state index is -0.542. The maximum absolute atomic E-state index is 11.2. The van der Waals surface area contributed by atoms with E-state index < -0.39 is 5.91 Å². The number of anilines is 1. The van der Waals surface area contributed by atoms with Gasteiger partial charge in [-0.2, -0.15) is 0 Å². The van der Waals surface area contributed by atoms with Crippen LogP contribution in [0.2, 0.25) is 0 Å². The number of nitrogens with zero attached hydrogens (tertiary/aromatic N) is 4. The van der Waals surface area contributed by atoms with Gasteiger partial charge < -0.3 is 15.4 Å². The molecule has 4 rings (SSSR count). The number of carbonyl (C=O) groups excluding carboxylic acids is 1. The second-order valence-electron chi connectivity index (χ2n) is 7.06. The number of pyridine rings is 1. The fourth-order valence-electron chi connectivity index (χ4n) is 3.32. The Bertz CT molecular complexity index is 785. The van der Waals surface area contributed by atoms with Crippen molar-refractivity contribution in [3.05, 3.63) is 42.1 Å². The first kappa shape index (κ1) is 16.8. The molecular formula is C19H23N5O2. The standard InChI is InChI=1S/C19H23N5O2/c20-19(25)17-9-15(3-6-21-17)26-11-13-4-7-24(8-5-13)18-10-16(14-1-2-14)22-12-23-18/h3,6,9-10,12-14H,1-2,4-5,7-8,11H2,(H2,20,25). The predicted molar refractivity (Wildman–Crippen MR) is 97.2 cm³/mol. The number of hydrogen-bond acceptors (Lipinski definition) is 6. The van der Waals surface area contributed by atoms with Crippen LogP contribution in [0.25, 0.3) is 0 Å². The van der Waals surface area contributed by atoms with Gasteiger partial charge in [-0.25, -0.2) is 9.97 Å². The summed E-state index contributed by atoms with van der Waals surface area (Å²) in [6.07, 6.45) is 7.85. The molecule has 26 heavy (non-hydrogen) atoms. The first-order valence-corrected chi connectivity index (χ1v) is 9.14. The van der Waals surface area contributed by atoms with E-state index in [-0.39, 0.29) is 5.69 Å². The zero-order valence-electron chi connectivity index (χ0n) is 14.7. The Morgan fingerprint density at radius 2 is 1.96 bits per heavy atom. The second kappa shape index (κ2) is 7.27. The van der Waals surface area contributed by atoms with Gasteiger partial charge in [-0.15, -0.1) is 0 Å². The monoisotopic (exact) mass is 353 g/mol. The van der Waals surface area contributed by atoms with Crippen molar-refractivity contribution >= 4 is 11.7 Å². The van der Waals surface area contributed by atoms with E-state index in [9.17, 15) is 4.79 Å². The zero-order chi connectivity index (χ0) is 17.9. The van der Waals surface area contributed by atoms with E-state index >= 15 is 0 Å². The molecule has 2 N–H and O–H groups in total. The number of amides is 1. The van der Waals surface area contributed by atoms with E-state index in [2.05, 4.69) is 25.9 Å². The molecule has 136 valence electrons. The molecule has 0 bridgehead atoms. The number of nitrogens with two attached hydrogens (primary N) is 1. The maximum atomic E-state index is 11.2. The van der Waals surface area contributed by atoms with Crippen LogP contribution in [0.4, 0.5) is 5.82 Å². The van der Waals surface area contributed by atoms with Gasteiger partial charge in [-0.05, 0) is 37.7 Å². The first-order chi connectivity index (χ1) is 12.7. The summed E-state index contributed by atoms with van der Waals surface area (Å²) in [5.41, 5.74) is 6.67. The number of primary amides is 1. The molecule has 2 fully saturated rings. The molecule has 0 spiro atoms. The summed E-state index contributed by atoms with van der Waals surface area (Å²) in [7, 11) is 0. The summed E-state index contributed by atoms with van der Waals surface area (Å²) < 4.78 is 5.84. The van der Waals surface area contributed by atoms with Crippen LogP contribution in [-0.2, 0) is 0 Å². The van der Waals surface area contributed by atoms with E-state index in [1.807, 2.05) is 0 Å². The number of hydrogen-bond donors (Lipinski definition) is 1. The number of aromatic nitrogens is 3. The lowest BCUT2D eigenvalue weighted by molar-refractivity contribution is 0.0995. The summed E-state index contributed by atoms with van der Waals surface area (Å²) in [5.74, 6) is 2.27. The summed E-state index contributed by atoms with van der Waals surface area (Å²) in [6, 6.07) is 5.50. The molecule has 0 aromatic carbocycles. The highest BCUT2D eigenvalue weighted by Gasteiger charge is 2.27. The molecule has 1 aliphatic heterocycles. The van der Waals surface area contributed by atoms with Gasteiger partial charge in [0.05, 0.1) is 6.61 Å². The number of rotatable bonds is 6. The van der Waals surface area contributed by atoms with Crippen LogP contribution >= 0.6 is 0 Å². The summed E-state index contributed by atoms with van der Waals surface area (Å²) in [6.45, 7) is 2.57. The lowest BCUT2D eigenvalue weighted by atomic mass is 9.98. The second-order valence-corrected chi connectivity index (χ2v) is 7.06. The first-order valence-electron chi connectivity index (χ1n) is 9.14. The summed E-state index contributed by atoms with van der Waals surface area (Å²) >= 11 is 0. The van der Waals surface area contributed by atoms with Crippen LogP contribution in [0.1, 0.15) is 47.8 Å². The van der Waals surface area contributed by atoms with E-state index in [0.29, 0.717) is 24.2 Å². The average molecular weight is 353 g/mol. The molecule has 0 atom stereocenters. The highest BCUT2D eigenvalue weighted by Crippen LogP contribution is 2.39. The summed E-state index contributed by atoms with van der Waals surface area (Å²) in [4.78, 5) is 26.3. The molecule has 1 amide bonds. The van der Waals surface area contributed by atoms with Gasteiger partial charge >= 0.3 is 0 Å². The third-order valence-corrected chi connectivity index (χ3v) is 5.08. The topological polar surface area (TPSA) is 94.2 Å². The maximum Gasteiger partial charge on any atom is 0.267 e. The van der Waals surface area contributed by atoms with Gasteiger partial charge in [-0.1, -0.05) is 0 Å². The van der Waals surface area contributed by atoms with Crippen molar-refractivity contribution in [3.63, 3.8) is 0 Å². The Balaban J connectivity index is 1.29. The molecule has 0 radical (unpaired) electrons. The Kier molecular flexibility index (Phi) is 4.69. The molecule has 7 nitrogen and oxygen atoms in total. The van der Waals surface area contributed by atoms with Gasteiger partial charge in [0.2, 0.25) is 0 Å². The normalized spacial score (nSPS) is 17.9. The van der Waals surface area contributed by atoms with Crippen LogP contribution in [0, 0.1) is 5.92 Å². The van der Waals surface area contributed by atoms with Crippen molar-refractivity contribution in [1.82, 2.24) is 15.0 Å². The van der Waals surface area contributed by atoms with Gasteiger partial charge in [-0.3, -0.25) is 9.78 Å². The molecular weight excluding hydrogens is 330 g/mol. The van der Waals surface area contributed by atoms with Crippen molar-refractivity contribution < 1.29 is 9.53 Å². The van der Waals surface area contributed by atoms with E-state index in [4.69, 9.17) is 10.5 Å². The van der Waals surface area contributed by atoms with Crippen molar-refractivity contribution in [2.75, 3.05) is 24.6 Å². The van der Waals surface area contributed by atoms with Crippen LogP contribution in [-0.4, -0.2) is 40.6 Å². The Morgan fingerprint density at radius 3 is 2.69 bits per heavy atom. The highest BCUT2D eigenvalue weighted by atomic mass is 16.5. The van der Waals surface area contributed by atoms with Crippen molar-refractivity contribution in [3.8, 4) is 5.75 Å². The molecule has 1 aliphatic carbocycles. The van der Waals surface area contributed by atoms with Crippen LogP contribution in [0.15, 0.2) is 30.7 Å². The minimum absolute atomic E-state index is 0.229. The molecule has 0 unspecified atom stereocenters. The van der Waals surface area contributed by atoms with Crippen molar-refractivity contribution in [2.24, 2.45) is 11.7 Å². The predicted octanol–water partition coefficient (Wildman–Crippen LogP) is 2.14. The number of ether oxygens (including phenoxy) is 1. The largest absolute Gasteiger partial charge is 0.493 e. The van der Waals surface area contributed by atoms with E-state index in [0.717, 1.165) is 31.7 Å². The lowest BCUT2D eigenvalue weighted by Crippen LogP contribution is -2.36. The Morgan fingerprint density at radius 1 is 1.15 bits per heavy atom. The minimum Gasteiger partial charge on any atom is -0.493 e. The molecule has 1 saturated carbocycles. The SMILES string of the molecule is NC(=O)c1cc(OCC2CCN(c3cc(C4CC4)ncn3)CC2)ccn1. The van der Waals surface area contributed by atoms with Crippen LogP contribution < -0.4 is 15.4 Å². The molecule has 7 heteroatoms. The van der Waals surface area contributed by atoms with Gasteiger partial charge in [0, 0.05) is 43.0 Å². The molecule has 1 saturated heterocycles. The summed E-state index contributed by atoms with van der Waals surface area (Å²) in [5, 5.41) is 0. The van der Waals surface area contributed by atoms with Gasteiger partial charge in [0.25, 0.3) is 5.91 Å². The van der Waals surface area contributed by atoms with Crippen LogP contribution in [0.3, 0.4) is 0 Å². The molecule has 2 aromatic rings. The average Bonchev–Trinajstić information content (AvgIpc) is 3.52. The van der Waals surface area contributed by atoms with Gasteiger partial charge in [0.1, 0.15) is 23.6 Å².